The van der Waals surface area contributed by atoms with E-state index in [4.69, 9.17) is 18.9 Å². The molecule has 0 saturated carbocycles. The number of esters is 1. The normalized spacial score (nSPS) is 13.3. The van der Waals surface area contributed by atoms with Crippen LogP contribution in [-0.2, 0) is 38.3 Å². The fourth-order valence-corrected chi connectivity index (χ4v) is 5.18. The molecule has 0 bridgehead atoms. The van der Waals surface area contributed by atoms with Crippen molar-refractivity contribution in [1.29, 1.82) is 0 Å². The van der Waals surface area contributed by atoms with Gasteiger partial charge in [0.2, 0.25) is 0 Å². The minimum absolute atomic E-state index is 0.159. The van der Waals surface area contributed by atoms with Crippen LogP contribution in [0.4, 0.5) is 0 Å². The lowest BCUT2D eigenvalue weighted by Gasteiger charge is -2.23. The molecule has 5 heteroatoms. The summed E-state index contributed by atoms with van der Waals surface area (Å²) in [6.45, 7) is 7.44. The molecule has 0 fully saturated rings. The molecule has 40 heavy (non-hydrogen) atoms. The minimum Gasteiger partial charge on any atom is -0.491 e. The number of rotatable bonds is 14. The van der Waals surface area contributed by atoms with Gasteiger partial charge in [0.1, 0.15) is 18.5 Å². The van der Waals surface area contributed by atoms with E-state index < -0.39 is 6.10 Å². The molecule has 0 aromatic heterocycles. The Kier molecular flexibility index (Phi) is 11.0. The van der Waals surface area contributed by atoms with Gasteiger partial charge in [0.15, 0.2) is 6.10 Å². The highest BCUT2D eigenvalue weighted by molar-refractivity contribution is 5.76. The number of carbonyl (C=O) groups is 1. The van der Waals surface area contributed by atoms with E-state index in [1.807, 2.05) is 24.3 Å². The summed E-state index contributed by atoms with van der Waals surface area (Å²) in [6, 6.07) is 21.3. The summed E-state index contributed by atoms with van der Waals surface area (Å²) in [5.74, 6) is 0.416. The summed E-state index contributed by atoms with van der Waals surface area (Å²) in [5.41, 5.74) is 8.49. The van der Waals surface area contributed by atoms with Crippen LogP contribution in [0.1, 0.15) is 78.7 Å². The number of hydrogen-bond donors (Lipinski definition) is 0. The van der Waals surface area contributed by atoms with Crippen LogP contribution in [0.25, 0.3) is 12.2 Å². The smallest absolute Gasteiger partial charge is 0.335 e. The van der Waals surface area contributed by atoms with E-state index in [0.29, 0.717) is 26.2 Å². The first-order valence-electron chi connectivity index (χ1n) is 14.5. The maximum Gasteiger partial charge on any atom is 0.335 e. The van der Waals surface area contributed by atoms with E-state index in [0.717, 1.165) is 37.0 Å². The number of methoxy groups -OCH3 is 1. The van der Waals surface area contributed by atoms with Crippen LogP contribution >= 0.6 is 0 Å². The Morgan fingerprint density at radius 1 is 0.775 bits per heavy atom. The van der Waals surface area contributed by atoms with Crippen LogP contribution in [0, 0.1) is 0 Å². The number of benzene rings is 3. The van der Waals surface area contributed by atoms with Gasteiger partial charge in [-0.2, -0.15) is 0 Å². The number of hydrogen-bond acceptors (Lipinski definition) is 5. The van der Waals surface area contributed by atoms with E-state index in [9.17, 15) is 4.79 Å². The SMILES string of the molecule is CCCc1ccc2c(c1)C(OCCOc1ccc(CC(OC)C(=O)OCC)cc1)c1cc(CCC)ccc1C=C2. The van der Waals surface area contributed by atoms with E-state index in [1.54, 1.807) is 6.92 Å². The fourth-order valence-electron chi connectivity index (χ4n) is 5.18. The van der Waals surface area contributed by atoms with Crippen LogP contribution in [0.2, 0.25) is 0 Å². The van der Waals surface area contributed by atoms with Gasteiger partial charge in [0.25, 0.3) is 0 Å². The fraction of sp³-hybridized carbons (Fsp3) is 0.400. The number of ether oxygens (including phenoxy) is 4. The highest BCUT2D eigenvalue weighted by Gasteiger charge is 2.23. The van der Waals surface area contributed by atoms with E-state index >= 15 is 0 Å². The lowest BCUT2D eigenvalue weighted by molar-refractivity contribution is -0.154. The van der Waals surface area contributed by atoms with Crippen molar-refractivity contribution in [2.24, 2.45) is 0 Å². The third-order valence-electron chi connectivity index (χ3n) is 7.20. The zero-order chi connectivity index (χ0) is 28.3. The number of fused-ring (bicyclic) bond motifs is 2. The third kappa shape index (κ3) is 7.61. The van der Waals surface area contributed by atoms with Crippen molar-refractivity contribution in [3.63, 3.8) is 0 Å². The highest BCUT2D eigenvalue weighted by atomic mass is 16.6. The van der Waals surface area contributed by atoms with Crippen LogP contribution < -0.4 is 4.74 Å². The van der Waals surface area contributed by atoms with Gasteiger partial charge in [-0.15, -0.1) is 0 Å². The molecule has 1 aliphatic rings. The molecule has 5 nitrogen and oxygen atoms in total. The maximum atomic E-state index is 12.0. The van der Waals surface area contributed by atoms with Crippen LogP contribution in [-0.4, -0.2) is 39.0 Å². The molecule has 0 spiro atoms. The highest BCUT2D eigenvalue weighted by Crippen LogP contribution is 2.37. The summed E-state index contributed by atoms with van der Waals surface area (Å²) < 4.78 is 23.0. The Bertz CT molecular complexity index is 1220. The molecule has 0 aliphatic heterocycles. The van der Waals surface area contributed by atoms with Gasteiger partial charge < -0.3 is 18.9 Å². The van der Waals surface area contributed by atoms with E-state index in [2.05, 4.69) is 62.4 Å². The first-order chi connectivity index (χ1) is 19.6. The maximum absolute atomic E-state index is 12.0. The third-order valence-corrected chi connectivity index (χ3v) is 7.20. The predicted octanol–water partition coefficient (Wildman–Crippen LogP) is 7.38. The summed E-state index contributed by atoms with van der Waals surface area (Å²) in [5, 5.41) is 0. The molecule has 1 atom stereocenters. The lowest BCUT2D eigenvalue weighted by Crippen LogP contribution is -2.27. The molecular weight excluding hydrogens is 500 g/mol. The summed E-state index contributed by atoms with van der Waals surface area (Å²) in [4.78, 5) is 12.0. The average Bonchev–Trinajstić information content (AvgIpc) is 3.11. The molecule has 1 aliphatic carbocycles. The minimum atomic E-state index is -0.615. The summed E-state index contributed by atoms with van der Waals surface area (Å²) in [6.07, 6.45) is 8.42. The van der Waals surface area contributed by atoms with Crippen molar-refractivity contribution in [3.05, 3.63) is 99.6 Å². The van der Waals surface area contributed by atoms with Gasteiger partial charge in [-0.05, 0) is 70.8 Å². The molecule has 3 aromatic carbocycles. The molecule has 3 aromatic rings. The molecule has 4 rings (SSSR count). The Morgan fingerprint density at radius 3 is 1.88 bits per heavy atom. The standard InChI is InChI=1S/C35H42O5/c1-5-8-25-10-14-28-16-17-29-15-11-26(9-6-2)23-32(29)34(31(28)22-25)40-21-20-39-30-18-12-27(13-19-30)24-33(37-4)35(36)38-7-3/h10-19,22-23,33-34H,5-9,20-21,24H2,1-4H3. The Balaban J connectivity index is 1.44. The zero-order valence-corrected chi connectivity index (χ0v) is 24.3. The number of carbonyl (C=O) groups excluding carboxylic acids is 1. The molecule has 0 heterocycles. The molecule has 0 N–H and O–H groups in total. The van der Waals surface area contributed by atoms with Crippen LogP contribution in [0.3, 0.4) is 0 Å². The van der Waals surface area contributed by atoms with Crippen molar-refractivity contribution in [3.8, 4) is 5.75 Å². The van der Waals surface area contributed by atoms with Gasteiger partial charge in [-0.1, -0.05) is 87.4 Å². The summed E-state index contributed by atoms with van der Waals surface area (Å²) in [7, 11) is 1.52. The molecule has 0 radical (unpaired) electrons. The Morgan fingerprint density at radius 2 is 1.35 bits per heavy atom. The predicted molar refractivity (Wildman–Crippen MR) is 161 cm³/mol. The van der Waals surface area contributed by atoms with Crippen LogP contribution in [0.5, 0.6) is 5.75 Å². The largest absolute Gasteiger partial charge is 0.491 e. The van der Waals surface area contributed by atoms with Gasteiger partial charge >= 0.3 is 5.97 Å². The second-order valence-electron chi connectivity index (χ2n) is 10.2. The number of aryl methyl sites for hydroxylation is 2. The van der Waals surface area contributed by atoms with Gasteiger partial charge in [0.05, 0.1) is 13.2 Å². The molecule has 1 unspecified atom stereocenters. The second-order valence-corrected chi connectivity index (χ2v) is 10.2. The molecule has 212 valence electrons. The van der Waals surface area contributed by atoms with Crippen molar-refractivity contribution in [2.45, 2.75) is 65.1 Å². The Hall–Kier alpha value is -3.41. The van der Waals surface area contributed by atoms with Gasteiger partial charge in [-0.25, -0.2) is 4.79 Å². The molecule has 0 amide bonds. The van der Waals surface area contributed by atoms with Crippen LogP contribution in [0.15, 0.2) is 60.7 Å². The van der Waals surface area contributed by atoms with Gasteiger partial charge in [-0.3, -0.25) is 0 Å². The molecular formula is C35H42O5. The van der Waals surface area contributed by atoms with Crippen molar-refractivity contribution < 1.29 is 23.7 Å². The van der Waals surface area contributed by atoms with Crippen molar-refractivity contribution in [2.75, 3.05) is 26.9 Å². The monoisotopic (exact) mass is 542 g/mol. The van der Waals surface area contributed by atoms with Gasteiger partial charge in [0, 0.05) is 13.5 Å². The first kappa shape index (κ1) is 29.6. The molecule has 0 saturated heterocycles. The quantitative estimate of drug-likeness (QED) is 0.157. The zero-order valence-electron chi connectivity index (χ0n) is 24.3. The van der Waals surface area contributed by atoms with E-state index in [1.165, 1.54) is 40.5 Å². The van der Waals surface area contributed by atoms with Crippen molar-refractivity contribution >= 4 is 18.1 Å². The topological polar surface area (TPSA) is 54.0 Å². The second kappa shape index (κ2) is 14.8. The lowest BCUT2D eigenvalue weighted by atomic mass is 9.92. The first-order valence-corrected chi connectivity index (χ1v) is 14.5. The van der Waals surface area contributed by atoms with Crippen molar-refractivity contribution in [1.82, 2.24) is 0 Å². The average molecular weight is 543 g/mol. The van der Waals surface area contributed by atoms with E-state index in [-0.39, 0.29) is 12.1 Å². The Labute approximate surface area is 239 Å². The summed E-state index contributed by atoms with van der Waals surface area (Å²) >= 11 is 0.